The zero-order valence-corrected chi connectivity index (χ0v) is 29.0. The number of hydrogen-bond donors (Lipinski definition) is 1. The molecule has 3 amide bonds. The average Bonchev–Trinajstić information content (AvgIpc) is 3.70. The minimum atomic E-state index is -0.850. The highest BCUT2D eigenvalue weighted by Gasteiger charge is 2.77. The second-order valence-electron chi connectivity index (χ2n) is 13.7. The largest absolute Gasteiger partial charge is 0.394 e. The molecule has 252 valence electrons. The summed E-state index contributed by atoms with van der Waals surface area (Å²) in [7, 11) is 0. The molecule has 3 aliphatic heterocycles. The van der Waals surface area contributed by atoms with E-state index in [4.69, 9.17) is 0 Å². The Labute approximate surface area is 288 Å². The minimum absolute atomic E-state index is 0.00453. The molecule has 7 nitrogen and oxygen atoms in total. The molecule has 0 aliphatic carbocycles. The number of amides is 3. The van der Waals surface area contributed by atoms with Crippen LogP contribution in [0.1, 0.15) is 39.2 Å². The van der Waals surface area contributed by atoms with Gasteiger partial charge >= 0.3 is 0 Å². The van der Waals surface area contributed by atoms with Gasteiger partial charge in [0.15, 0.2) is 0 Å². The van der Waals surface area contributed by atoms with Crippen molar-refractivity contribution in [3.8, 4) is 0 Å². The van der Waals surface area contributed by atoms with Crippen molar-refractivity contribution in [2.45, 2.75) is 62.2 Å². The van der Waals surface area contributed by atoms with Crippen molar-refractivity contribution in [2.24, 2.45) is 23.7 Å². The third-order valence-electron chi connectivity index (χ3n) is 11.0. The third kappa shape index (κ3) is 5.57. The number of carbonyl (C=O) groups is 3. The van der Waals surface area contributed by atoms with Crippen LogP contribution in [0.5, 0.6) is 0 Å². The lowest BCUT2D eigenvalue weighted by Crippen LogP contribution is -2.60. The Morgan fingerprint density at radius 1 is 1.02 bits per heavy atom. The van der Waals surface area contributed by atoms with E-state index >= 15 is 9.59 Å². The fourth-order valence-electron chi connectivity index (χ4n) is 8.54. The van der Waals surface area contributed by atoms with Gasteiger partial charge < -0.3 is 19.8 Å². The summed E-state index contributed by atoms with van der Waals surface area (Å²) in [6, 6.07) is 22.5. The maximum atomic E-state index is 15.3. The summed E-state index contributed by atoms with van der Waals surface area (Å²) < 4.78 is -0.817. The van der Waals surface area contributed by atoms with Crippen molar-refractivity contribution in [3.63, 3.8) is 0 Å². The van der Waals surface area contributed by atoms with E-state index in [0.29, 0.717) is 13.1 Å². The van der Waals surface area contributed by atoms with Crippen LogP contribution < -0.4 is 4.90 Å². The van der Waals surface area contributed by atoms with E-state index < -0.39 is 28.7 Å². The SMILES string of the molecule is C=CCN(Cc1ccccc1)C(=O)[C@@H]1[C@@H]2CC(C)C3(S2)C(C(=O)N(CC=C)c2ccc4ccccc4c2)N([C@@H](CO)[C@@H](C)CC)C(=O)[C@H]13. The van der Waals surface area contributed by atoms with Gasteiger partial charge in [0.2, 0.25) is 11.8 Å². The van der Waals surface area contributed by atoms with Crippen LogP contribution in [0.25, 0.3) is 10.8 Å². The Kier molecular flexibility index (Phi) is 9.86. The van der Waals surface area contributed by atoms with Crippen molar-refractivity contribution < 1.29 is 19.5 Å². The Morgan fingerprint density at radius 2 is 1.71 bits per heavy atom. The van der Waals surface area contributed by atoms with Gasteiger partial charge in [-0.05, 0) is 46.7 Å². The first-order valence-corrected chi connectivity index (χ1v) is 18.0. The highest BCUT2D eigenvalue weighted by atomic mass is 32.2. The van der Waals surface area contributed by atoms with Crippen LogP contribution in [0.4, 0.5) is 5.69 Å². The van der Waals surface area contributed by atoms with Gasteiger partial charge in [-0.2, -0.15) is 0 Å². The van der Waals surface area contributed by atoms with E-state index in [0.717, 1.165) is 34.9 Å². The molecule has 1 spiro atoms. The van der Waals surface area contributed by atoms with E-state index in [1.807, 2.05) is 86.6 Å². The molecule has 8 atom stereocenters. The molecule has 3 unspecified atom stereocenters. The number of nitrogens with zero attached hydrogens (tertiary/aromatic N) is 3. The van der Waals surface area contributed by atoms with E-state index in [-0.39, 0.29) is 48.0 Å². The summed E-state index contributed by atoms with van der Waals surface area (Å²) in [6.07, 6.45) is 4.91. The zero-order chi connectivity index (χ0) is 34.2. The van der Waals surface area contributed by atoms with Crippen LogP contribution in [-0.2, 0) is 20.9 Å². The number of anilines is 1. The van der Waals surface area contributed by atoms with E-state index in [1.54, 1.807) is 38.6 Å². The van der Waals surface area contributed by atoms with Gasteiger partial charge in [0.1, 0.15) is 6.04 Å². The molecule has 3 fully saturated rings. The Morgan fingerprint density at radius 3 is 2.38 bits per heavy atom. The molecule has 3 heterocycles. The maximum Gasteiger partial charge on any atom is 0.251 e. The van der Waals surface area contributed by atoms with Gasteiger partial charge in [0, 0.05) is 30.6 Å². The van der Waals surface area contributed by atoms with E-state index in [2.05, 4.69) is 20.1 Å². The number of benzene rings is 3. The molecule has 1 N–H and O–H groups in total. The lowest BCUT2D eigenvalue weighted by molar-refractivity contribution is -0.146. The normalized spacial score (nSPS) is 27.0. The van der Waals surface area contributed by atoms with Crippen LogP contribution in [0, 0.1) is 23.7 Å². The number of likely N-dealkylation sites (tertiary alicyclic amines) is 1. The van der Waals surface area contributed by atoms with Gasteiger partial charge in [0.25, 0.3) is 5.91 Å². The lowest BCUT2D eigenvalue weighted by atomic mass is 9.65. The molecule has 0 saturated carbocycles. The number of rotatable bonds is 13. The van der Waals surface area contributed by atoms with Crippen LogP contribution in [0.2, 0.25) is 0 Å². The van der Waals surface area contributed by atoms with Gasteiger partial charge in [-0.1, -0.05) is 100 Å². The fraction of sp³-hybridized carbons (Fsp3) is 0.425. The lowest BCUT2D eigenvalue weighted by Gasteiger charge is -2.43. The summed E-state index contributed by atoms with van der Waals surface area (Å²) >= 11 is 1.67. The molecule has 0 aromatic heterocycles. The maximum absolute atomic E-state index is 15.3. The van der Waals surface area contributed by atoms with Crippen molar-refractivity contribution in [2.75, 3.05) is 24.6 Å². The summed E-state index contributed by atoms with van der Waals surface area (Å²) in [5, 5.41) is 12.8. The van der Waals surface area contributed by atoms with Crippen LogP contribution in [0.15, 0.2) is 98.1 Å². The number of carbonyl (C=O) groups excluding carboxylic acids is 3. The average molecular weight is 666 g/mol. The first-order valence-electron chi connectivity index (χ1n) is 17.2. The minimum Gasteiger partial charge on any atom is -0.394 e. The van der Waals surface area contributed by atoms with Crippen molar-refractivity contribution >= 4 is 45.9 Å². The smallest absolute Gasteiger partial charge is 0.251 e. The number of hydrogen-bond acceptors (Lipinski definition) is 5. The highest BCUT2D eigenvalue weighted by Crippen LogP contribution is 2.69. The molecule has 3 saturated heterocycles. The first-order chi connectivity index (χ1) is 23.2. The number of fused-ring (bicyclic) bond motifs is 2. The Hall–Kier alpha value is -3.88. The molecular weight excluding hydrogens is 619 g/mol. The van der Waals surface area contributed by atoms with Crippen LogP contribution >= 0.6 is 11.8 Å². The summed E-state index contributed by atoms with van der Waals surface area (Å²) in [6.45, 7) is 14.9. The van der Waals surface area contributed by atoms with E-state index in [9.17, 15) is 9.90 Å². The fourth-order valence-corrected chi connectivity index (χ4v) is 10.9. The summed E-state index contributed by atoms with van der Waals surface area (Å²) in [5.41, 5.74) is 1.74. The quantitative estimate of drug-likeness (QED) is 0.216. The molecule has 0 radical (unpaired) electrons. The van der Waals surface area contributed by atoms with Crippen LogP contribution in [-0.4, -0.2) is 74.4 Å². The Balaban J connectivity index is 1.45. The summed E-state index contributed by atoms with van der Waals surface area (Å²) in [5.74, 6) is -1.76. The summed E-state index contributed by atoms with van der Waals surface area (Å²) in [4.78, 5) is 50.2. The van der Waals surface area contributed by atoms with Gasteiger partial charge in [0.05, 0.1) is 29.2 Å². The molecule has 48 heavy (non-hydrogen) atoms. The molecule has 3 aromatic carbocycles. The molecule has 3 aliphatic rings. The second kappa shape index (κ2) is 13.9. The molecule has 8 heteroatoms. The topological polar surface area (TPSA) is 81.2 Å². The van der Waals surface area contributed by atoms with Gasteiger partial charge in [-0.25, -0.2) is 0 Å². The predicted molar refractivity (Wildman–Crippen MR) is 194 cm³/mol. The first kappa shape index (κ1) is 34.0. The molecule has 6 rings (SSSR count). The Bertz CT molecular complexity index is 1700. The van der Waals surface area contributed by atoms with Crippen molar-refractivity contribution in [1.82, 2.24) is 9.80 Å². The second-order valence-corrected chi connectivity index (χ2v) is 15.2. The van der Waals surface area contributed by atoms with Gasteiger partial charge in [-0.15, -0.1) is 24.9 Å². The predicted octanol–water partition coefficient (Wildman–Crippen LogP) is 6.32. The zero-order valence-electron chi connectivity index (χ0n) is 28.2. The number of aliphatic hydroxyl groups is 1. The standard InChI is InChI=1S/C40H47N3O4S/c1-6-20-41(24-28-14-10-9-11-15-28)37(45)34-33-22-27(5)40(48-33)35(34)38(46)43(32(25-44)26(4)8-3)36(40)39(47)42(21-7-2)31-19-18-29-16-12-13-17-30(29)23-31/h6-7,9-19,23,26-27,32-36,44H,1-2,8,20-22,24-25H2,3-5H3/t26-,27?,32-,33-,34+,35-,36?,40?/m0/s1. The third-order valence-corrected chi connectivity index (χ3v) is 13.1. The van der Waals surface area contributed by atoms with Crippen molar-refractivity contribution in [3.05, 3.63) is 104 Å². The highest BCUT2D eigenvalue weighted by molar-refractivity contribution is 8.02. The van der Waals surface area contributed by atoms with E-state index in [1.165, 1.54) is 0 Å². The number of thioether (sulfide) groups is 1. The molecule has 2 bridgehead atoms. The van der Waals surface area contributed by atoms with Crippen molar-refractivity contribution in [1.29, 1.82) is 0 Å². The molecular formula is C40H47N3O4S. The van der Waals surface area contributed by atoms with Crippen LogP contribution in [0.3, 0.4) is 0 Å². The monoisotopic (exact) mass is 665 g/mol. The number of aliphatic hydroxyl groups excluding tert-OH is 1. The molecule has 3 aromatic rings. The van der Waals surface area contributed by atoms with Gasteiger partial charge in [-0.3, -0.25) is 14.4 Å².